The van der Waals surface area contributed by atoms with Crippen LogP contribution in [0.3, 0.4) is 0 Å². The average molecular weight is 267 g/mol. The number of likely N-dealkylation sites (N-methyl/N-ethyl adjacent to an activating group) is 2. The predicted octanol–water partition coefficient (Wildman–Crippen LogP) is 2.18. The molecule has 0 spiro atoms. The second-order valence-corrected chi connectivity index (χ2v) is 7.06. The van der Waals surface area contributed by atoms with Gasteiger partial charge in [-0.15, -0.1) is 0 Å². The van der Waals surface area contributed by atoms with E-state index < -0.39 is 0 Å². The fraction of sp³-hybridized carbons (Fsp3) is 1.00. The maximum Gasteiger partial charge on any atom is 0.0220 e. The van der Waals surface area contributed by atoms with Gasteiger partial charge in [0.05, 0.1) is 0 Å². The summed E-state index contributed by atoms with van der Waals surface area (Å²) in [6, 6.07) is 0.773. The van der Waals surface area contributed by atoms with E-state index >= 15 is 0 Å². The summed E-state index contributed by atoms with van der Waals surface area (Å²) >= 11 is 0. The third-order valence-electron chi connectivity index (χ3n) is 5.27. The highest BCUT2D eigenvalue weighted by Crippen LogP contribution is 2.37. The third-order valence-corrected chi connectivity index (χ3v) is 5.27. The number of nitrogens with zero attached hydrogens (tertiary/aromatic N) is 2. The van der Waals surface area contributed by atoms with Crippen molar-refractivity contribution in [2.24, 2.45) is 5.41 Å². The van der Waals surface area contributed by atoms with E-state index in [1.165, 1.54) is 71.1 Å². The van der Waals surface area contributed by atoms with E-state index in [0.717, 1.165) is 6.04 Å². The largest absolute Gasteiger partial charge is 0.319 e. The van der Waals surface area contributed by atoms with Crippen molar-refractivity contribution in [2.75, 3.05) is 47.3 Å². The van der Waals surface area contributed by atoms with Crippen molar-refractivity contribution in [3.8, 4) is 0 Å². The van der Waals surface area contributed by atoms with Crippen LogP contribution in [-0.4, -0.2) is 63.2 Å². The maximum absolute atomic E-state index is 3.46. The molecule has 0 amide bonds. The van der Waals surface area contributed by atoms with E-state index in [9.17, 15) is 0 Å². The van der Waals surface area contributed by atoms with Gasteiger partial charge in [0.1, 0.15) is 0 Å². The zero-order valence-corrected chi connectivity index (χ0v) is 13.2. The van der Waals surface area contributed by atoms with Crippen molar-refractivity contribution in [3.05, 3.63) is 0 Å². The van der Waals surface area contributed by atoms with E-state index in [-0.39, 0.29) is 0 Å². The molecule has 2 rings (SSSR count). The van der Waals surface area contributed by atoms with Crippen molar-refractivity contribution < 1.29 is 0 Å². The second-order valence-electron chi connectivity index (χ2n) is 7.06. The highest BCUT2D eigenvalue weighted by atomic mass is 15.2. The van der Waals surface area contributed by atoms with Crippen LogP contribution in [0.4, 0.5) is 0 Å². The third kappa shape index (κ3) is 4.17. The van der Waals surface area contributed by atoms with Gasteiger partial charge in [0, 0.05) is 25.7 Å². The molecular formula is C16H33N3. The van der Waals surface area contributed by atoms with Crippen LogP contribution in [0.25, 0.3) is 0 Å². The molecule has 0 aromatic heterocycles. The zero-order chi connectivity index (χ0) is 13.7. The Hall–Kier alpha value is -0.120. The number of piperidine rings is 1. The summed E-state index contributed by atoms with van der Waals surface area (Å²) in [5.41, 5.74) is 0.539. The molecule has 0 aromatic rings. The standard InChI is InChI=1S/C16H33N3/c1-17-13-16(9-5-4-6-10-16)14-19(3)15-8-7-11-18(2)12-15/h15,17H,4-14H2,1-3H3. The summed E-state index contributed by atoms with van der Waals surface area (Å²) in [5.74, 6) is 0. The van der Waals surface area contributed by atoms with E-state index in [1.54, 1.807) is 0 Å². The van der Waals surface area contributed by atoms with E-state index in [0.29, 0.717) is 5.41 Å². The molecule has 0 bridgehead atoms. The molecule has 1 unspecified atom stereocenters. The monoisotopic (exact) mass is 267 g/mol. The van der Waals surface area contributed by atoms with E-state index in [2.05, 4.69) is 36.3 Å². The first-order valence-corrected chi connectivity index (χ1v) is 8.19. The van der Waals surface area contributed by atoms with Crippen LogP contribution in [0.5, 0.6) is 0 Å². The first-order valence-electron chi connectivity index (χ1n) is 8.19. The first kappa shape index (κ1) is 15.3. The van der Waals surface area contributed by atoms with Crippen molar-refractivity contribution in [2.45, 2.75) is 51.0 Å². The van der Waals surface area contributed by atoms with Gasteiger partial charge in [-0.05, 0) is 58.8 Å². The molecule has 1 aliphatic heterocycles. The summed E-state index contributed by atoms with van der Waals surface area (Å²) in [4.78, 5) is 5.16. The van der Waals surface area contributed by atoms with E-state index in [4.69, 9.17) is 0 Å². The lowest BCUT2D eigenvalue weighted by atomic mass is 9.73. The van der Waals surface area contributed by atoms with Crippen LogP contribution in [0.15, 0.2) is 0 Å². The van der Waals surface area contributed by atoms with Gasteiger partial charge >= 0.3 is 0 Å². The summed E-state index contributed by atoms with van der Waals surface area (Å²) in [6.45, 7) is 5.02. The Kier molecular flexibility index (Phi) is 5.67. The molecule has 1 saturated heterocycles. The van der Waals surface area contributed by atoms with Gasteiger partial charge in [0.2, 0.25) is 0 Å². The van der Waals surface area contributed by atoms with Crippen LogP contribution < -0.4 is 5.32 Å². The minimum atomic E-state index is 0.539. The Balaban J connectivity index is 1.92. The Labute approximate surface area is 119 Å². The number of hydrogen-bond acceptors (Lipinski definition) is 3. The first-order chi connectivity index (χ1) is 9.15. The summed E-state index contributed by atoms with van der Waals surface area (Å²) in [5, 5.41) is 3.46. The van der Waals surface area contributed by atoms with Crippen molar-refractivity contribution in [1.29, 1.82) is 0 Å². The topological polar surface area (TPSA) is 18.5 Å². The molecular weight excluding hydrogens is 234 g/mol. The van der Waals surface area contributed by atoms with Gasteiger partial charge in [-0.1, -0.05) is 19.3 Å². The zero-order valence-electron chi connectivity index (χ0n) is 13.2. The van der Waals surface area contributed by atoms with Crippen LogP contribution in [0, 0.1) is 5.41 Å². The molecule has 1 saturated carbocycles. The molecule has 1 atom stereocenters. The van der Waals surface area contributed by atoms with Crippen LogP contribution in [-0.2, 0) is 0 Å². The van der Waals surface area contributed by atoms with Crippen molar-refractivity contribution >= 4 is 0 Å². The molecule has 0 radical (unpaired) electrons. The van der Waals surface area contributed by atoms with Gasteiger partial charge in [0.15, 0.2) is 0 Å². The Morgan fingerprint density at radius 1 is 1.21 bits per heavy atom. The average Bonchev–Trinajstić information content (AvgIpc) is 2.40. The summed E-state index contributed by atoms with van der Waals surface area (Å²) in [6.07, 6.45) is 9.89. The molecule has 3 heteroatoms. The molecule has 2 aliphatic rings. The lowest BCUT2D eigenvalue weighted by Gasteiger charge is -2.44. The van der Waals surface area contributed by atoms with Gasteiger partial charge in [-0.2, -0.15) is 0 Å². The van der Waals surface area contributed by atoms with Gasteiger partial charge < -0.3 is 15.1 Å². The van der Waals surface area contributed by atoms with Crippen LogP contribution in [0.1, 0.15) is 44.9 Å². The molecule has 1 aliphatic carbocycles. The van der Waals surface area contributed by atoms with Crippen LogP contribution >= 0.6 is 0 Å². The van der Waals surface area contributed by atoms with Gasteiger partial charge in [0.25, 0.3) is 0 Å². The lowest BCUT2D eigenvalue weighted by molar-refractivity contribution is 0.0648. The molecule has 2 fully saturated rings. The number of hydrogen-bond donors (Lipinski definition) is 1. The minimum absolute atomic E-state index is 0.539. The van der Waals surface area contributed by atoms with E-state index in [1.807, 2.05) is 0 Å². The smallest absolute Gasteiger partial charge is 0.0220 e. The minimum Gasteiger partial charge on any atom is -0.319 e. The Bertz CT molecular complexity index is 255. The van der Waals surface area contributed by atoms with Crippen LogP contribution in [0.2, 0.25) is 0 Å². The molecule has 0 aromatic carbocycles. The quantitative estimate of drug-likeness (QED) is 0.824. The second kappa shape index (κ2) is 7.05. The molecule has 19 heavy (non-hydrogen) atoms. The fourth-order valence-corrected chi connectivity index (χ4v) is 4.22. The summed E-state index contributed by atoms with van der Waals surface area (Å²) < 4.78 is 0. The highest BCUT2D eigenvalue weighted by Gasteiger charge is 2.34. The number of rotatable bonds is 5. The predicted molar refractivity (Wildman–Crippen MR) is 82.6 cm³/mol. The highest BCUT2D eigenvalue weighted by molar-refractivity contribution is 4.89. The van der Waals surface area contributed by atoms with Crippen molar-refractivity contribution in [3.63, 3.8) is 0 Å². The Morgan fingerprint density at radius 3 is 2.58 bits per heavy atom. The molecule has 112 valence electrons. The Morgan fingerprint density at radius 2 is 1.95 bits per heavy atom. The van der Waals surface area contributed by atoms with Crippen molar-refractivity contribution in [1.82, 2.24) is 15.1 Å². The molecule has 3 nitrogen and oxygen atoms in total. The number of likely N-dealkylation sites (tertiary alicyclic amines) is 1. The van der Waals surface area contributed by atoms with Gasteiger partial charge in [-0.25, -0.2) is 0 Å². The normalized spacial score (nSPS) is 28.7. The molecule has 1 N–H and O–H groups in total. The maximum atomic E-state index is 3.46. The van der Waals surface area contributed by atoms with Gasteiger partial charge in [-0.3, -0.25) is 0 Å². The molecule has 1 heterocycles. The summed E-state index contributed by atoms with van der Waals surface area (Å²) in [7, 11) is 6.74. The fourth-order valence-electron chi connectivity index (χ4n) is 4.22. The lowest BCUT2D eigenvalue weighted by Crippen LogP contribution is -2.51. The SMILES string of the molecule is CNCC1(CN(C)C2CCCN(C)C2)CCCCC1. The number of nitrogens with one attached hydrogen (secondary N) is 1.